The standard InChI is InChI=1S/C10H8F3NO3S/c1-14-5-4-7-6-8(2-3-9(7)14)17-18(15,16)10(11,12)13/h2-6H,1H3. The maximum atomic E-state index is 12.1. The van der Waals surface area contributed by atoms with Crippen LogP contribution in [-0.4, -0.2) is 18.5 Å². The van der Waals surface area contributed by atoms with Gasteiger partial charge in [0.05, 0.1) is 0 Å². The Morgan fingerprint density at radius 2 is 1.89 bits per heavy atom. The zero-order chi connectivity index (χ0) is 13.6. The molecule has 1 heterocycles. The van der Waals surface area contributed by atoms with Crippen molar-refractivity contribution in [3.05, 3.63) is 30.5 Å². The monoisotopic (exact) mass is 279 g/mol. The fourth-order valence-electron chi connectivity index (χ4n) is 1.49. The molecule has 0 aliphatic rings. The van der Waals surface area contributed by atoms with Gasteiger partial charge in [-0.25, -0.2) is 0 Å². The van der Waals surface area contributed by atoms with Gasteiger partial charge in [-0.05, 0) is 24.3 Å². The molecule has 4 nitrogen and oxygen atoms in total. The molecule has 0 aliphatic carbocycles. The topological polar surface area (TPSA) is 48.3 Å². The van der Waals surface area contributed by atoms with Gasteiger partial charge in [-0.1, -0.05) is 0 Å². The Balaban J connectivity index is 2.39. The second-order valence-electron chi connectivity index (χ2n) is 3.63. The Morgan fingerprint density at radius 3 is 2.50 bits per heavy atom. The summed E-state index contributed by atoms with van der Waals surface area (Å²) in [5.41, 5.74) is -4.68. The smallest absolute Gasteiger partial charge is 0.376 e. The fraction of sp³-hybridized carbons (Fsp3) is 0.200. The third-order valence-corrected chi connectivity index (χ3v) is 3.32. The molecule has 0 saturated carbocycles. The van der Waals surface area contributed by atoms with E-state index in [0.717, 1.165) is 5.52 Å². The molecule has 2 aromatic rings. The summed E-state index contributed by atoms with van der Waals surface area (Å²) in [5.74, 6) is -0.369. The summed E-state index contributed by atoms with van der Waals surface area (Å²) in [7, 11) is -3.86. The first-order valence-corrected chi connectivity index (χ1v) is 6.17. The van der Waals surface area contributed by atoms with E-state index in [1.165, 1.54) is 18.2 Å². The van der Waals surface area contributed by atoms with E-state index in [9.17, 15) is 21.6 Å². The molecule has 98 valence electrons. The van der Waals surface area contributed by atoms with Crippen molar-refractivity contribution in [2.24, 2.45) is 7.05 Å². The van der Waals surface area contributed by atoms with Crippen molar-refractivity contribution in [2.75, 3.05) is 0 Å². The SMILES string of the molecule is Cn1ccc2cc(OS(=O)(=O)C(F)(F)F)ccc21. The minimum Gasteiger partial charge on any atom is -0.376 e. The summed E-state index contributed by atoms with van der Waals surface area (Å²) in [6, 6.07) is 5.53. The second-order valence-corrected chi connectivity index (χ2v) is 5.17. The number of nitrogens with zero attached hydrogens (tertiary/aromatic N) is 1. The molecule has 1 aromatic heterocycles. The molecule has 0 radical (unpaired) electrons. The van der Waals surface area contributed by atoms with Crippen molar-refractivity contribution >= 4 is 21.0 Å². The Hall–Kier alpha value is -1.70. The summed E-state index contributed by atoms with van der Waals surface area (Å²) in [4.78, 5) is 0. The molecule has 18 heavy (non-hydrogen) atoms. The first kappa shape index (κ1) is 12.7. The molecule has 1 aromatic carbocycles. The van der Waals surface area contributed by atoms with Gasteiger partial charge in [-0.2, -0.15) is 21.6 Å². The number of fused-ring (bicyclic) bond motifs is 1. The average Bonchev–Trinajstić information content (AvgIpc) is 2.58. The highest BCUT2D eigenvalue weighted by Crippen LogP contribution is 2.28. The van der Waals surface area contributed by atoms with E-state index in [-0.39, 0.29) is 5.75 Å². The summed E-state index contributed by atoms with van der Waals surface area (Å²) >= 11 is 0. The molecule has 0 N–H and O–H groups in total. The lowest BCUT2D eigenvalue weighted by atomic mass is 10.2. The maximum absolute atomic E-state index is 12.1. The third-order valence-electron chi connectivity index (χ3n) is 2.35. The van der Waals surface area contributed by atoms with Gasteiger partial charge in [-0.3, -0.25) is 0 Å². The maximum Gasteiger partial charge on any atom is 0.534 e. The van der Waals surface area contributed by atoms with E-state index in [0.29, 0.717) is 5.39 Å². The van der Waals surface area contributed by atoms with E-state index in [4.69, 9.17) is 0 Å². The van der Waals surface area contributed by atoms with Crippen molar-refractivity contribution in [2.45, 2.75) is 5.51 Å². The number of hydrogen-bond donors (Lipinski definition) is 0. The van der Waals surface area contributed by atoms with E-state index in [2.05, 4.69) is 4.18 Å². The molecule has 0 saturated heterocycles. The zero-order valence-electron chi connectivity index (χ0n) is 9.10. The Morgan fingerprint density at radius 1 is 1.22 bits per heavy atom. The molecule has 0 aliphatic heterocycles. The third kappa shape index (κ3) is 2.15. The number of rotatable bonds is 2. The van der Waals surface area contributed by atoms with Gasteiger partial charge >= 0.3 is 15.6 Å². The van der Waals surface area contributed by atoms with Gasteiger partial charge in [-0.15, -0.1) is 0 Å². The lowest BCUT2D eigenvalue weighted by Gasteiger charge is -2.09. The molecule has 0 amide bonds. The number of alkyl halides is 3. The van der Waals surface area contributed by atoms with Crippen molar-refractivity contribution in [3.63, 3.8) is 0 Å². The van der Waals surface area contributed by atoms with Crippen molar-refractivity contribution in [3.8, 4) is 5.75 Å². The Labute approximate surface area is 101 Å². The quantitative estimate of drug-likeness (QED) is 0.626. The van der Waals surface area contributed by atoms with Crippen LogP contribution in [0.4, 0.5) is 13.2 Å². The molecule has 0 atom stereocenters. The van der Waals surface area contributed by atoms with E-state index in [1.54, 1.807) is 23.9 Å². The van der Waals surface area contributed by atoms with Gasteiger partial charge < -0.3 is 8.75 Å². The van der Waals surface area contributed by atoms with Crippen LogP contribution in [0.15, 0.2) is 30.5 Å². The van der Waals surface area contributed by atoms with Crippen molar-refractivity contribution < 1.29 is 25.8 Å². The van der Waals surface area contributed by atoms with Crippen molar-refractivity contribution in [1.82, 2.24) is 4.57 Å². The Bertz CT molecular complexity index is 688. The van der Waals surface area contributed by atoms with Crippen LogP contribution in [0, 0.1) is 0 Å². The van der Waals surface area contributed by atoms with Gasteiger partial charge in [0.25, 0.3) is 0 Å². The summed E-state index contributed by atoms with van der Waals surface area (Å²) in [6.07, 6.45) is 1.70. The highest BCUT2D eigenvalue weighted by molar-refractivity contribution is 7.88. The lowest BCUT2D eigenvalue weighted by Crippen LogP contribution is -2.28. The minimum atomic E-state index is -5.62. The zero-order valence-corrected chi connectivity index (χ0v) is 9.92. The highest BCUT2D eigenvalue weighted by atomic mass is 32.2. The fourth-order valence-corrected chi connectivity index (χ4v) is 1.94. The number of halogens is 3. The van der Waals surface area contributed by atoms with Crippen LogP contribution in [0.1, 0.15) is 0 Å². The van der Waals surface area contributed by atoms with Crippen LogP contribution < -0.4 is 4.18 Å². The first-order valence-electron chi connectivity index (χ1n) is 4.76. The van der Waals surface area contributed by atoms with Crippen LogP contribution in [0.5, 0.6) is 5.75 Å². The van der Waals surface area contributed by atoms with E-state index < -0.39 is 15.6 Å². The lowest BCUT2D eigenvalue weighted by molar-refractivity contribution is -0.0500. The van der Waals surface area contributed by atoms with Gasteiger partial charge in [0, 0.05) is 24.1 Å². The van der Waals surface area contributed by atoms with E-state index in [1.807, 2.05) is 0 Å². The van der Waals surface area contributed by atoms with Crippen LogP contribution in [0.3, 0.4) is 0 Å². The van der Waals surface area contributed by atoms with Gasteiger partial charge in [0.1, 0.15) is 5.75 Å². The normalized spacial score (nSPS) is 12.9. The number of aromatic nitrogens is 1. The van der Waals surface area contributed by atoms with Crippen molar-refractivity contribution in [1.29, 1.82) is 0 Å². The Kier molecular flexibility index (Phi) is 2.77. The van der Waals surface area contributed by atoms with Crippen LogP contribution in [0.2, 0.25) is 0 Å². The molecule has 0 fully saturated rings. The molecule has 0 unspecified atom stereocenters. The largest absolute Gasteiger partial charge is 0.534 e. The molecule has 0 bridgehead atoms. The average molecular weight is 279 g/mol. The summed E-state index contributed by atoms with van der Waals surface area (Å²) < 4.78 is 63.7. The van der Waals surface area contributed by atoms with Crippen LogP contribution in [0.25, 0.3) is 10.9 Å². The molecular formula is C10H8F3NO3S. The summed E-state index contributed by atoms with van der Waals surface area (Å²) in [6.45, 7) is 0. The van der Waals surface area contributed by atoms with Crippen LogP contribution >= 0.6 is 0 Å². The number of benzene rings is 1. The molecular weight excluding hydrogens is 271 g/mol. The number of aryl methyl sites for hydroxylation is 1. The molecule has 2 rings (SSSR count). The van der Waals surface area contributed by atoms with Gasteiger partial charge in [0.15, 0.2) is 0 Å². The minimum absolute atomic E-state index is 0.369. The van der Waals surface area contributed by atoms with E-state index >= 15 is 0 Å². The first-order chi connectivity index (χ1) is 8.21. The molecule has 0 spiro atoms. The molecule has 8 heteroatoms. The predicted octanol–water partition coefficient (Wildman–Crippen LogP) is 2.41. The highest BCUT2D eigenvalue weighted by Gasteiger charge is 2.48. The number of hydrogen-bond acceptors (Lipinski definition) is 3. The van der Waals surface area contributed by atoms with Gasteiger partial charge in [0.2, 0.25) is 0 Å². The predicted molar refractivity (Wildman–Crippen MR) is 58.5 cm³/mol. The second kappa shape index (κ2) is 3.91. The van der Waals surface area contributed by atoms with Crippen LogP contribution in [-0.2, 0) is 17.2 Å². The summed E-state index contributed by atoms with van der Waals surface area (Å²) in [5, 5.41) is 0.590.